The van der Waals surface area contributed by atoms with Crippen molar-refractivity contribution >= 4 is 0 Å². The molecule has 148 valence electrons. The highest BCUT2D eigenvalue weighted by Crippen LogP contribution is 2.29. The quantitative estimate of drug-likeness (QED) is 0.712. The SMILES string of the molecule is C#C[C@H](O)[C@H]1C[C@H](OCc2ccccc2)[C@@H](OCc2ccccc2)[C@@H](OC)O1. The third kappa shape index (κ3) is 5.41. The van der Waals surface area contributed by atoms with Crippen LogP contribution in [0.1, 0.15) is 17.5 Å². The molecular formula is C23H26O5. The molecule has 0 bridgehead atoms. The predicted molar refractivity (Wildman–Crippen MR) is 105 cm³/mol. The number of aliphatic hydroxyl groups excluding tert-OH is 1. The van der Waals surface area contributed by atoms with E-state index in [2.05, 4.69) is 5.92 Å². The predicted octanol–water partition coefficient (Wildman–Crippen LogP) is 2.91. The van der Waals surface area contributed by atoms with Gasteiger partial charge in [-0.15, -0.1) is 6.42 Å². The van der Waals surface area contributed by atoms with Gasteiger partial charge in [0.1, 0.15) is 18.3 Å². The summed E-state index contributed by atoms with van der Waals surface area (Å²) < 4.78 is 23.6. The van der Waals surface area contributed by atoms with E-state index in [-0.39, 0.29) is 6.10 Å². The summed E-state index contributed by atoms with van der Waals surface area (Å²) in [7, 11) is 1.54. The van der Waals surface area contributed by atoms with E-state index in [0.717, 1.165) is 11.1 Å². The van der Waals surface area contributed by atoms with Crippen LogP contribution in [-0.2, 0) is 32.2 Å². The van der Waals surface area contributed by atoms with Gasteiger partial charge in [-0.25, -0.2) is 0 Å². The molecule has 2 aromatic rings. The summed E-state index contributed by atoms with van der Waals surface area (Å²) in [6, 6.07) is 19.8. The summed E-state index contributed by atoms with van der Waals surface area (Å²) in [5.41, 5.74) is 2.10. The number of ether oxygens (including phenoxy) is 4. The van der Waals surface area contributed by atoms with Crippen molar-refractivity contribution in [3.05, 3.63) is 71.8 Å². The lowest BCUT2D eigenvalue weighted by molar-refractivity contribution is -0.288. The van der Waals surface area contributed by atoms with Crippen molar-refractivity contribution in [3.63, 3.8) is 0 Å². The number of terminal acetylenes is 1. The van der Waals surface area contributed by atoms with Crippen LogP contribution in [0.2, 0.25) is 0 Å². The average molecular weight is 382 g/mol. The van der Waals surface area contributed by atoms with Gasteiger partial charge in [-0.1, -0.05) is 66.6 Å². The minimum Gasteiger partial charge on any atom is -0.378 e. The number of methoxy groups -OCH3 is 1. The molecule has 1 N–H and O–H groups in total. The first kappa shape index (κ1) is 20.5. The largest absolute Gasteiger partial charge is 0.378 e. The van der Waals surface area contributed by atoms with E-state index in [1.54, 1.807) is 7.11 Å². The monoisotopic (exact) mass is 382 g/mol. The highest BCUT2D eigenvalue weighted by atomic mass is 16.7. The molecule has 0 spiro atoms. The Morgan fingerprint density at radius 1 is 1.04 bits per heavy atom. The fourth-order valence-electron chi connectivity index (χ4n) is 3.24. The van der Waals surface area contributed by atoms with Crippen LogP contribution in [0.5, 0.6) is 0 Å². The molecule has 28 heavy (non-hydrogen) atoms. The molecule has 1 aliphatic heterocycles. The molecule has 1 aliphatic rings. The van der Waals surface area contributed by atoms with Crippen LogP contribution in [0, 0.1) is 12.3 Å². The highest BCUT2D eigenvalue weighted by Gasteiger charge is 2.42. The van der Waals surface area contributed by atoms with E-state index >= 15 is 0 Å². The van der Waals surface area contributed by atoms with E-state index in [9.17, 15) is 5.11 Å². The third-order valence-corrected chi connectivity index (χ3v) is 4.76. The van der Waals surface area contributed by atoms with E-state index in [4.69, 9.17) is 25.4 Å². The Kier molecular flexibility index (Phi) is 7.61. The summed E-state index contributed by atoms with van der Waals surface area (Å²) in [4.78, 5) is 0. The van der Waals surface area contributed by atoms with Gasteiger partial charge in [0.2, 0.25) is 0 Å². The Bertz CT molecular complexity index is 743. The van der Waals surface area contributed by atoms with E-state index in [1.807, 2.05) is 60.7 Å². The number of aliphatic hydroxyl groups is 1. The maximum Gasteiger partial charge on any atom is 0.186 e. The molecule has 0 saturated carbocycles. The topological polar surface area (TPSA) is 57.2 Å². The smallest absolute Gasteiger partial charge is 0.186 e. The molecule has 0 radical (unpaired) electrons. The Balaban J connectivity index is 1.72. The van der Waals surface area contributed by atoms with Crippen molar-refractivity contribution in [1.29, 1.82) is 0 Å². The maximum atomic E-state index is 10.1. The van der Waals surface area contributed by atoms with Crippen molar-refractivity contribution in [1.82, 2.24) is 0 Å². The van der Waals surface area contributed by atoms with Crippen molar-refractivity contribution in [2.75, 3.05) is 7.11 Å². The molecule has 0 unspecified atom stereocenters. The standard InChI is InChI=1S/C23H26O5/c1-3-19(24)20-14-21(26-15-17-10-6-4-7-11-17)22(23(25-2)28-20)27-16-18-12-8-5-9-13-18/h1,4-13,19-24H,14-16H2,2H3/t19-,20+,21-,22+,23-/m0/s1. The van der Waals surface area contributed by atoms with Gasteiger partial charge >= 0.3 is 0 Å². The molecule has 5 heteroatoms. The van der Waals surface area contributed by atoms with Gasteiger partial charge in [0.05, 0.1) is 19.3 Å². The summed E-state index contributed by atoms with van der Waals surface area (Å²) in [5.74, 6) is 2.32. The van der Waals surface area contributed by atoms with Crippen molar-refractivity contribution in [2.45, 2.75) is 50.3 Å². The normalized spacial score (nSPS) is 25.8. The molecule has 5 atom stereocenters. The van der Waals surface area contributed by atoms with Crippen LogP contribution in [0.25, 0.3) is 0 Å². The first-order valence-corrected chi connectivity index (χ1v) is 9.34. The fraction of sp³-hybridized carbons (Fsp3) is 0.391. The van der Waals surface area contributed by atoms with Gasteiger partial charge < -0.3 is 24.1 Å². The van der Waals surface area contributed by atoms with Gasteiger partial charge in [0, 0.05) is 13.5 Å². The molecule has 2 aromatic carbocycles. The number of rotatable bonds is 8. The summed E-state index contributed by atoms with van der Waals surface area (Å²) >= 11 is 0. The van der Waals surface area contributed by atoms with Gasteiger partial charge in [-0.3, -0.25) is 0 Å². The lowest BCUT2D eigenvalue weighted by Gasteiger charge is -2.41. The van der Waals surface area contributed by atoms with Crippen molar-refractivity contribution in [3.8, 4) is 12.3 Å². The van der Waals surface area contributed by atoms with Gasteiger partial charge in [0.25, 0.3) is 0 Å². The van der Waals surface area contributed by atoms with Gasteiger partial charge in [-0.2, -0.15) is 0 Å². The van der Waals surface area contributed by atoms with Crippen molar-refractivity contribution < 1.29 is 24.1 Å². The fourth-order valence-corrected chi connectivity index (χ4v) is 3.24. The molecule has 1 saturated heterocycles. The molecule has 3 rings (SSSR count). The molecular weight excluding hydrogens is 356 g/mol. The van der Waals surface area contributed by atoms with E-state index in [1.165, 1.54) is 0 Å². The molecule has 0 aliphatic carbocycles. The Labute approximate surface area is 166 Å². The van der Waals surface area contributed by atoms with Crippen LogP contribution in [0.15, 0.2) is 60.7 Å². The number of hydrogen-bond donors (Lipinski definition) is 1. The average Bonchev–Trinajstić information content (AvgIpc) is 2.76. The Morgan fingerprint density at radius 2 is 1.61 bits per heavy atom. The zero-order valence-electron chi connectivity index (χ0n) is 15.9. The lowest BCUT2D eigenvalue weighted by atomic mass is 9.98. The minimum absolute atomic E-state index is 0.337. The molecule has 1 heterocycles. The highest BCUT2D eigenvalue weighted by molar-refractivity contribution is 5.14. The minimum atomic E-state index is -1.03. The number of hydrogen-bond acceptors (Lipinski definition) is 5. The molecule has 1 fully saturated rings. The van der Waals surface area contributed by atoms with Crippen LogP contribution in [0.4, 0.5) is 0 Å². The van der Waals surface area contributed by atoms with Gasteiger partial charge in [0.15, 0.2) is 6.29 Å². The summed E-state index contributed by atoms with van der Waals surface area (Å²) in [6.45, 7) is 0.828. The van der Waals surface area contributed by atoms with Crippen LogP contribution in [0.3, 0.4) is 0 Å². The van der Waals surface area contributed by atoms with E-state index < -0.39 is 24.6 Å². The lowest BCUT2D eigenvalue weighted by Crippen LogP contribution is -2.54. The third-order valence-electron chi connectivity index (χ3n) is 4.76. The second-order valence-electron chi connectivity index (χ2n) is 6.72. The maximum absolute atomic E-state index is 10.1. The van der Waals surface area contributed by atoms with Crippen molar-refractivity contribution in [2.24, 2.45) is 0 Å². The molecule has 0 aromatic heterocycles. The number of benzene rings is 2. The second kappa shape index (κ2) is 10.4. The zero-order valence-corrected chi connectivity index (χ0v) is 15.9. The Morgan fingerprint density at radius 3 is 2.14 bits per heavy atom. The van der Waals surface area contributed by atoms with E-state index in [0.29, 0.717) is 19.6 Å². The van der Waals surface area contributed by atoms with Gasteiger partial charge in [-0.05, 0) is 11.1 Å². The molecule has 5 nitrogen and oxygen atoms in total. The van der Waals surface area contributed by atoms with Crippen LogP contribution < -0.4 is 0 Å². The first-order valence-electron chi connectivity index (χ1n) is 9.34. The first-order chi connectivity index (χ1) is 13.7. The van der Waals surface area contributed by atoms with Crippen LogP contribution in [-0.4, -0.2) is 42.9 Å². The Hall–Kier alpha value is -2.20. The summed E-state index contributed by atoms with van der Waals surface area (Å²) in [5, 5.41) is 10.1. The zero-order chi connectivity index (χ0) is 19.8. The summed E-state index contributed by atoms with van der Waals surface area (Å²) in [6.07, 6.45) is 2.71. The molecule has 0 amide bonds. The second-order valence-corrected chi connectivity index (χ2v) is 6.72. The van der Waals surface area contributed by atoms with Crippen LogP contribution >= 0.6 is 0 Å².